The molecule has 0 fully saturated rings. The van der Waals surface area contributed by atoms with Crippen LogP contribution in [0, 0.1) is 6.92 Å². The van der Waals surface area contributed by atoms with Gasteiger partial charge in [-0.05, 0) is 18.1 Å². The molecule has 0 saturated carbocycles. The van der Waals surface area contributed by atoms with Crippen molar-refractivity contribution >= 4 is 10.0 Å². The molecular formula is C13H18N4O2S. The molecule has 0 atom stereocenters. The number of benzene rings is 1. The first-order chi connectivity index (χ1) is 9.50. The van der Waals surface area contributed by atoms with Crippen LogP contribution in [0.25, 0.3) is 0 Å². The molecule has 0 aliphatic rings. The minimum absolute atomic E-state index is 0.0469. The third-order valence-corrected chi connectivity index (χ3v) is 4.33. The highest BCUT2D eigenvalue weighted by Gasteiger charge is 2.12. The van der Waals surface area contributed by atoms with Gasteiger partial charge >= 0.3 is 0 Å². The average molecular weight is 294 g/mol. The van der Waals surface area contributed by atoms with Gasteiger partial charge < -0.3 is 5.73 Å². The zero-order valence-electron chi connectivity index (χ0n) is 11.3. The summed E-state index contributed by atoms with van der Waals surface area (Å²) in [6.45, 7) is 2.54. The van der Waals surface area contributed by atoms with Gasteiger partial charge in [0.15, 0.2) is 0 Å². The Morgan fingerprint density at radius 2 is 1.90 bits per heavy atom. The first-order valence-electron chi connectivity index (χ1n) is 6.24. The molecule has 0 radical (unpaired) electrons. The fraction of sp³-hybridized carbons (Fsp3) is 0.308. The Bertz CT molecular complexity index is 662. The minimum Gasteiger partial charge on any atom is -0.326 e. The summed E-state index contributed by atoms with van der Waals surface area (Å²) in [5.74, 6) is -0.0469. The number of H-pyrrole nitrogens is 1. The summed E-state index contributed by atoms with van der Waals surface area (Å²) in [6.07, 6.45) is 1.62. The lowest BCUT2D eigenvalue weighted by molar-refractivity contribution is 0.580. The van der Waals surface area contributed by atoms with E-state index in [-0.39, 0.29) is 12.3 Å². The standard InChI is InChI=1S/C13H18N4O2S/c1-10-13(7-15-17-10)8-16-20(18,19)9-12-4-2-11(6-14)3-5-12/h2-5,7,16H,6,8-9,14H2,1H3,(H,15,17). The van der Waals surface area contributed by atoms with Crippen LogP contribution < -0.4 is 10.5 Å². The van der Waals surface area contributed by atoms with E-state index in [0.29, 0.717) is 6.54 Å². The summed E-state index contributed by atoms with van der Waals surface area (Å²) in [5.41, 5.74) is 8.92. The van der Waals surface area contributed by atoms with Crippen LogP contribution in [0.2, 0.25) is 0 Å². The van der Waals surface area contributed by atoms with Crippen molar-refractivity contribution < 1.29 is 8.42 Å². The molecule has 4 N–H and O–H groups in total. The van der Waals surface area contributed by atoms with Gasteiger partial charge in [-0.1, -0.05) is 24.3 Å². The van der Waals surface area contributed by atoms with Gasteiger partial charge in [-0.25, -0.2) is 13.1 Å². The molecule has 108 valence electrons. The van der Waals surface area contributed by atoms with Crippen LogP contribution >= 0.6 is 0 Å². The molecule has 6 nitrogen and oxygen atoms in total. The van der Waals surface area contributed by atoms with E-state index >= 15 is 0 Å². The maximum Gasteiger partial charge on any atom is 0.216 e. The lowest BCUT2D eigenvalue weighted by atomic mass is 10.1. The van der Waals surface area contributed by atoms with Crippen LogP contribution in [-0.4, -0.2) is 18.6 Å². The third kappa shape index (κ3) is 3.89. The molecule has 0 spiro atoms. The zero-order valence-corrected chi connectivity index (χ0v) is 12.1. The monoisotopic (exact) mass is 294 g/mol. The van der Waals surface area contributed by atoms with Gasteiger partial charge in [-0.2, -0.15) is 5.10 Å². The van der Waals surface area contributed by atoms with E-state index in [9.17, 15) is 8.42 Å². The molecule has 0 unspecified atom stereocenters. The molecule has 0 aliphatic heterocycles. The number of aromatic amines is 1. The Kier molecular flexibility index (Phi) is 4.53. The fourth-order valence-electron chi connectivity index (χ4n) is 1.78. The Labute approximate surface area is 118 Å². The molecule has 0 aliphatic carbocycles. The van der Waals surface area contributed by atoms with Gasteiger partial charge in [-0.3, -0.25) is 5.10 Å². The van der Waals surface area contributed by atoms with Crippen molar-refractivity contribution in [3.63, 3.8) is 0 Å². The predicted molar refractivity (Wildman–Crippen MR) is 77.1 cm³/mol. The first-order valence-corrected chi connectivity index (χ1v) is 7.89. The zero-order chi connectivity index (χ0) is 14.6. The number of rotatable bonds is 6. The summed E-state index contributed by atoms with van der Waals surface area (Å²) < 4.78 is 26.6. The van der Waals surface area contributed by atoms with Crippen molar-refractivity contribution in [2.75, 3.05) is 0 Å². The predicted octanol–water partition coefficient (Wildman–Crippen LogP) is 0.796. The van der Waals surface area contributed by atoms with Gasteiger partial charge in [-0.15, -0.1) is 0 Å². The van der Waals surface area contributed by atoms with Crippen LogP contribution in [0.3, 0.4) is 0 Å². The number of sulfonamides is 1. The van der Waals surface area contributed by atoms with Crippen LogP contribution in [-0.2, 0) is 28.9 Å². The Morgan fingerprint density at radius 3 is 2.45 bits per heavy atom. The van der Waals surface area contributed by atoms with Crippen molar-refractivity contribution in [2.24, 2.45) is 5.73 Å². The van der Waals surface area contributed by atoms with E-state index in [1.807, 2.05) is 19.1 Å². The summed E-state index contributed by atoms with van der Waals surface area (Å²) in [7, 11) is -3.37. The van der Waals surface area contributed by atoms with Crippen molar-refractivity contribution in [2.45, 2.75) is 25.8 Å². The molecule has 2 rings (SSSR count). The lowest BCUT2D eigenvalue weighted by Gasteiger charge is -2.07. The minimum atomic E-state index is -3.37. The Hall–Kier alpha value is -1.70. The molecule has 7 heteroatoms. The number of hydrogen-bond donors (Lipinski definition) is 3. The van der Waals surface area contributed by atoms with Gasteiger partial charge in [0.1, 0.15) is 0 Å². The second kappa shape index (κ2) is 6.17. The topological polar surface area (TPSA) is 101 Å². The third-order valence-electron chi connectivity index (χ3n) is 3.03. The van der Waals surface area contributed by atoms with Gasteiger partial charge in [0.25, 0.3) is 0 Å². The van der Waals surface area contributed by atoms with E-state index in [1.54, 1.807) is 18.3 Å². The maximum absolute atomic E-state index is 12.0. The molecule has 2 aromatic rings. The van der Waals surface area contributed by atoms with Gasteiger partial charge in [0, 0.05) is 24.3 Å². The summed E-state index contributed by atoms with van der Waals surface area (Å²) in [5, 5.41) is 6.62. The lowest BCUT2D eigenvalue weighted by Crippen LogP contribution is -2.24. The highest BCUT2D eigenvalue weighted by Crippen LogP contribution is 2.09. The highest BCUT2D eigenvalue weighted by molar-refractivity contribution is 7.88. The molecule has 1 heterocycles. The number of nitrogens with two attached hydrogens (primary N) is 1. The molecule has 0 saturated heterocycles. The second-order valence-corrected chi connectivity index (χ2v) is 6.43. The van der Waals surface area contributed by atoms with Crippen molar-refractivity contribution in [1.82, 2.24) is 14.9 Å². The quantitative estimate of drug-likeness (QED) is 0.733. The average Bonchev–Trinajstić information content (AvgIpc) is 2.83. The SMILES string of the molecule is Cc1[nH]ncc1CNS(=O)(=O)Cc1ccc(CN)cc1. The second-order valence-electron chi connectivity index (χ2n) is 4.62. The van der Waals surface area contributed by atoms with Crippen molar-refractivity contribution in [3.05, 3.63) is 52.8 Å². The number of hydrogen-bond acceptors (Lipinski definition) is 4. The highest BCUT2D eigenvalue weighted by atomic mass is 32.2. The van der Waals surface area contributed by atoms with Crippen molar-refractivity contribution in [3.8, 4) is 0 Å². The number of nitrogens with one attached hydrogen (secondary N) is 2. The molecule has 1 aromatic carbocycles. The molecule has 0 bridgehead atoms. The Morgan fingerprint density at radius 1 is 1.25 bits per heavy atom. The van der Waals surface area contributed by atoms with E-state index in [2.05, 4.69) is 14.9 Å². The Balaban J connectivity index is 1.98. The van der Waals surface area contributed by atoms with Crippen LogP contribution in [0.1, 0.15) is 22.4 Å². The van der Waals surface area contributed by atoms with E-state index in [0.717, 1.165) is 22.4 Å². The summed E-state index contributed by atoms with van der Waals surface area (Å²) >= 11 is 0. The van der Waals surface area contributed by atoms with E-state index < -0.39 is 10.0 Å². The van der Waals surface area contributed by atoms with E-state index in [4.69, 9.17) is 5.73 Å². The molecule has 1 aromatic heterocycles. The number of aromatic nitrogens is 2. The first kappa shape index (κ1) is 14.7. The maximum atomic E-state index is 12.0. The summed E-state index contributed by atoms with van der Waals surface area (Å²) in [4.78, 5) is 0. The van der Waals surface area contributed by atoms with Crippen LogP contribution in [0.15, 0.2) is 30.5 Å². The normalized spacial score (nSPS) is 11.7. The van der Waals surface area contributed by atoms with Gasteiger partial charge in [0.2, 0.25) is 10.0 Å². The number of aryl methyl sites for hydroxylation is 1. The molecule has 20 heavy (non-hydrogen) atoms. The summed E-state index contributed by atoms with van der Waals surface area (Å²) in [6, 6.07) is 7.24. The van der Waals surface area contributed by atoms with Gasteiger partial charge in [0.05, 0.1) is 11.9 Å². The van der Waals surface area contributed by atoms with Crippen LogP contribution in [0.5, 0.6) is 0 Å². The molecular weight excluding hydrogens is 276 g/mol. The largest absolute Gasteiger partial charge is 0.326 e. The fourth-order valence-corrected chi connectivity index (χ4v) is 2.89. The van der Waals surface area contributed by atoms with Crippen molar-refractivity contribution in [1.29, 1.82) is 0 Å². The smallest absolute Gasteiger partial charge is 0.216 e. The number of nitrogens with zero attached hydrogens (tertiary/aromatic N) is 1. The van der Waals surface area contributed by atoms with Crippen LogP contribution in [0.4, 0.5) is 0 Å². The van der Waals surface area contributed by atoms with E-state index in [1.165, 1.54) is 0 Å². The molecule has 0 amide bonds.